The van der Waals surface area contributed by atoms with Gasteiger partial charge >= 0.3 is 0 Å². The highest BCUT2D eigenvalue weighted by molar-refractivity contribution is 6.32. The van der Waals surface area contributed by atoms with E-state index in [4.69, 9.17) is 28.9 Å². The molecule has 0 amide bonds. The van der Waals surface area contributed by atoms with Crippen LogP contribution in [0.3, 0.4) is 0 Å². The second kappa shape index (κ2) is 4.36. The first-order valence-corrected chi connectivity index (χ1v) is 5.59. The van der Waals surface area contributed by atoms with Gasteiger partial charge in [-0.25, -0.2) is 4.68 Å². The van der Waals surface area contributed by atoms with Crippen LogP contribution in [-0.4, -0.2) is 9.78 Å². The number of hydrogen-bond donors (Lipinski definition) is 1. The lowest BCUT2D eigenvalue weighted by atomic mass is 10.1. The molecular weight excluding hydrogens is 245 g/mol. The fraction of sp³-hybridized carbons (Fsp3) is 0.182. The van der Waals surface area contributed by atoms with Crippen molar-refractivity contribution in [3.63, 3.8) is 0 Å². The van der Waals surface area contributed by atoms with E-state index in [9.17, 15) is 0 Å². The van der Waals surface area contributed by atoms with Crippen molar-refractivity contribution in [3.8, 4) is 0 Å². The van der Waals surface area contributed by atoms with Crippen molar-refractivity contribution in [1.82, 2.24) is 9.78 Å². The minimum atomic E-state index is 0.00574. The van der Waals surface area contributed by atoms with Gasteiger partial charge < -0.3 is 5.73 Å². The summed E-state index contributed by atoms with van der Waals surface area (Å²) in [5.74, 6) is 0.467. The SMILES string of the molecule is CC(c1cccc(Cl)c1)n1ncc(Cl)c1N. The Morgan fingerprint density at radius 2 is 2.12 bits per heavy atom. The van der Waals surface area contributed by atoms with Gasteiger partial charge in [-0.3, -0.25) is 0 Å². The Bertz CT molecular complexity index is 508. The largest absolute Gasteiger partial charge is 0.383 e. The van der Waals surface area contributed by atoms with E-state index in [1.807, 2.05) is 31.2 Å². The van der Waals surface area contributed by atoms with Crippen LogP contribution in [0.5, 0.6) is 0 Å². The van der Waals surface area contributed by atoms with E-state index < -0.39 is 0 Å². The first-order valence-electron chi connectivity index (χ1n) is 4.83. The third-order valence-electron chi connectivity index (χ3n) is 2.48. The Morgan fingerprint density at radius 1 is 1.38 bits per heavy atom. The summed E-state index contributed by atoms with van der Waals surface area (Å²) in [7, 11) is 0. The van der Waals surface area contributed by atoms with Crippen molar-refractivity contribution in [1.29, 1.82) is 0 Å². The minimum absolute atomic E-state index is 0.00574. The topological polar surface area (TPSA) is 43.8 Å². The molecule has 0 radical (unpaired) electrons. The second-order valence-corrected chi connectivity index (χ2v) is 4.40. The van der Waals surface area contributed by atoms with Crippen molar-refractivity contribution in [2.24, 2.45) is 0 Å². The van der Waals surface area contributed by atoms with Crippen molar-refractivity contribution >= 4 is 29.0 Å². The maximum atomic E-state index is 5.93. The van der Waals surface area contributed by atoms with Crippen LogP contribution in [0, 0.1) is 0 Å². The first-order chi connectivity index (χ1) is 7.59. The predicted octanol–water partition coefficient (Wildman–Crippen LogP) is 3.38. The van der Waals surface area contributed by atoms with Crippen LogP contribution in [-0.2, 0) is 0 Å². The minimum Gasteiger partial charge on any atom is -0.383 e. The summed E-state index contributed by atoms with van der Waals surface area (Å²) in [6, 6.07) is 7.60. The number of anilines is 1. The molecule has 0 bridgehead atoms. The van der Waals surface area contributed by atoms with Gasteiger partial charge in [-0.05, 0) is 24.6 Å². The van der Waals surface area contributed by atoms with Crippen LogP contribution in [0.1, 0.15) is 18.5 Å². The lowest BCUT2D eigenvalue weighted by Crippen LogP contribution is -2.11. The zero-order valence-corrected chi connectivity index (χ0v) is 10.2. The second-order valence-electron chi connectivity index (χ2n) is 3.55. The van der Waals surface area contributed by atoms with Gasteiger partial charge in [0, 0.05) is 5.02 Å². The molecule has 2 aromatic rings. The van der Waals surface area contributed by atoms with Crippen LogP contribution in [0.4, 0.5) is 5.82 Å². The van der Waals surface area contributed by atoms with Crippen molar-refractivity contribution in [3.05, 3.63) is 46.1 Å². The summed E-state index contributed by atoms with van der Waals surface area (Å²) in [5.41, 5.74) is 6.86. The number of rotatable bonds is 2. The van der Waals surface area contributed by atoms with Crippen molar-refractivity contribution in [2.45, 2.75) is 13.0 Å². The highest BCUT2D eigenvalue weighted by Gasteiger charge is 2.13. The molecule has 1 aromatic heterocycles. The van der Waals surface area contributed by atoms with Gasteiger partial charge in [-0.2, -0.15) is 5.10 Å². The molecule has 16 heavy (non-hydrogen) atoms. The Hall–Kier alpha value is -1.19. The summed E-state index contributed by atoms with van der Waals surface area (Å²) in [6.07, 6.45) is 1.54. The van der Waals surface area contributed by atoms with Crippen LogP contribution in [0.2, 0.25) is 10.0 Å². The number of halogens is 2. The van der Waals surface area contributed by atoms with Crippen LogP contribution < -0.4 is 5.73 Å². The van der Waals surface area contributed by atoms with E-state index >= 15 is 0 Å². The summed E-state index contributed by atoms with van der Waals surface area (Å²) >= 11 is 11.8. The van der Waals surface area contributed by atoms with Gasteiger partial charge in [0.2, 0.25) is 0 Å². The lowest BCUT2D eigenvalue weighted by Gasteiger charge is -2.14. The third-order valence-corrected chi connectivity index (χ3v) is 3.01. The van der Waals surface area contributed by atoms with Gasteiger partial charge in [-0.1, -0.05) is 35.3 Å². The van der Waals surface area contributed by atoms with E-state index in [1.165, 1.54) is 6.20 Å². The van der Waals surface area contributed by atoms with Crippen LogP contribution in [0.15, 0.2) is 30.5 Å². The summed E-state index contributed by atoms with van der Waals surface area (Å²) in [6.45, 7) is 1.99. The maximum Gasteiger partial charge on any atom is 0.141 e. The number of nitrogens with zero attached hydrogens (tertiary/aromatic N) is 2. The summed E-state index contributed by atoms with van der Waals surface area (Å²) in [5, 5.41) is 5.30. The predicted molar refractivity (Wildman–Crippen MR) is 66.9 cm³/mol. The average Bonchev–Trinajstić information content (AvgIpc) is 2.59. The summed E-state index contributed by atoms with van der Waals surface area (Å²) < 4.78 is 1.67. The molecule has 0 aliphatic heterocycles. The molecule has 0 aliphatic carbocycles. The van der Waals surface area contributed by atoms with Crippen molar-refractivity contribution < 1.29 is 0 Å². The molecular formula is C11H11Cl2N3. The van der Waals surface area contributed by atoms with Gasteiger partial charge in [0.05, 0.1) is 12.2 Å². The summed E-state index contributed by atoms with van der Waals surface area (Å²) in [4.78, 5) is 0. The Morgan fingerprint density at radius 3 is 2.69 bits per heavy atom. The molecule has 84 valence electrons. The number of aromatic nitrogens is 2. The molecule has 1 heterocycles. The number of nitrogen functional groups attached to an aromatic ring is 1. The first kappa shape index (κ1) is 11.3. The quantitative estimate of drug-likeness (QED) is 0.895. The third kappa shape index (κ3) is 2.01. The molecule has 0 aliphatic rings. The van der Waals surface area contributed by atoms with Gasteiger partial charge in [0.15, 0.2) is 0 Å². The fourth-order valence-electron chi connectivity index (χ4n) is 1.57. The number of benzene rings is 1. The molecule has 0 saturated carbocycles. The monoisotopic (exact) mass is 255 g/mol. The molecule has 0 fully saturated rings. The van der Waals surface area contributed by atoms with E-state index in [2.05, 4.69) is 5.10 Å². The van der Waals surface area contributed by atoms with E-state index in [1.54, 1.807) is 4.68 Å². The molecule has 1 aromatic carbocycles. The maximum absolute atomic E-state index is 5.93. The molecule has 1 atom stereocenters. The molecule has 1 unspecified atom stereocenters. The van der Waals surface area contributed by atoms with Crippen LogP contribution >= 0.6 is 23.2 Å². The van der Waals surface area contributed by atoms with Gasteiger partial charge in [0.25, 0.3) is 0 Å². The standard InChI is InChI=1S/C11H11Cl2N3/c1-7(8-3-2-4-9(12)5-8)16-11(14)10(13)6-15-16/h2-7H,14H2,1H3. The Labute approximate surface area is 104 Å². The van der Waals surface area contributed by atoms with E-state index in [-0.39, 0.29) is 6.04 Å². The van der Waals surface area contributed by atoms with Gasteiger partial charge in [-0.15, -0.1) is 0 Å². The van der Waals surface area contributed by atoms with E-state index in [0.717, 1.165) is 5.56 Å². The molecule has 0 spiro atoms. The lowest BCUT2D eigenvalue weighted by molar-refractivity contribution is 0.573. The number of hydrogen-bond acceptors (Lipinski definition) is 2. The Balaban J connectivity index is 2.39. The highest BCUT2D eigenvalue weighted by Crippen LogP contribution is 2.26. The number of nitrogens with two attached hydrogens (primary N) is 1. The molecule has 5 heteroatoms. The zero-order valence-electron chi connectivity index (χ0n) is 8.69. The van der Waals surface area contributed by atoms with Gasteiger partial charge in [0.1, 0.15) is 10.8 Å². The van der Waals surface area contributed by atoms with Crippen molar-refractivity contribution in [2.75, 3.05) is 5.73 Å². The molecule has 2 rings (SSSR count). The molecule has 2 N–H and O–H groups in total. The normalized spacial score (nSPS) is 12.7. The van der Waals surface area contributed by atoms with E-state index in [0.29, 0.717) is 15.9 Å². The average molecular weight is 256 g/mol. The van der Waals surface area contributed by atoms with Crippen LogP contribution in [0.25, 0.3) is 0 Å². The molecule has 0 saturated heterocycles. The Kier molecular flexibility index (Phi) is 3.08. The zero-order chi connectivity index (χ0) is 11.7. The highest BCUT2D eigenvalue weighted by atomic mass is 35.5. The fourth-order valence-corrected chi connectivity index (χ4v) is 1.90. The molecule has 3 nitrogen and oxygen atoms in total. The smallest absolute Gasteiger partial charge is 0.141 e.